The van der Waals surface area contributed by atoms with Crippen LogP contribution in [0, 0.1) is 0 Å². The third kappa shape index (κ3) is 2.63. The van der Waals surface area contributed by atoms with Crippen LogP contribution in [0.2, 0.25) is 0 Å². The molecule has 0 aliphatic carbocycles. The fourth-order valence-electron chi connectivity index (χ4n) is 1.71. The molecule has 0 saturated heterocycles. The van der Waals surface area contributed by atoms with Crippen LogP contribution in [0.4, 0.5) is 11.4 Å². The Bertz CT molecular complexity index is 319. The predicted octanol–water partition coefficient (Wildman–Crippen LogP) is 2.17. The van der Waals surface area contributed by atoms with E-state index in [-0.39, 0.29) is 0 Å². The lowest BCUT2D eigenvalue weighted by Crippen LogP contribution is -2.22. The third-order valence-electron chi connectivity index (χ3n) is 2.65. The SMILES string of the molecule is CCN(CC)c1ccc(N)c(C(C)O)c1. The molecule has 0 aliphatic rings. The topological polar surface area (TPSA) is 49.5 Å². The normalized spacial score (nSPS) is 12.5. The molecular weight excluding hydrogens is 188 g/mol. The first-order valence-corrected chi connectivity index (χ1v) is 5.42. The van der Waals surface area contributed by atoms with Gasteiger partial charge in [-0.1, -0.05) is 0 Å². The van der Waals surface area contributed by atoms with E-state index in [1.54, 1.807) is 6.92 Å². The molecule has 0 radical (unpaired) electrons. The molecule has 0 bridgehead atoms. The number of rotatable bonds is 4. The van der Waals surface area contributed by atoms with Gasteiger partial charge in [0.25, 0.3) is 0 Å². The average Bonchev–Trinajstić information content (AvgIpc) is 2.21. The summed E-state index contributed by atoms with van der Waals surface area (Å²) in [7, 11) is 0. The molecule has 0 spiro atoms. The van der Waals surface area contributed by atoms with Crippen molar-refractivity contribution in [3.63, 3.8) is 0 Å². The van der Waals surface area contributed by atoms with Gasteiger partial charge in [0.1, 0.15) is 0 Å². The Balaban J connectivity index is 3.06. The van der Waals surface area contributed by atoms with E-state index in [2.05, 4.69) is 18.7 Å². The molecule has 1 aromatic carbocycles. The predicted molar refractivity (Wildman–Crippen MR) is 65.0 cm³/mol. The van der Waals surface area contributed by atoms with E-state index in [9.17, 15) is 5.11 Å². The number of nitrogen functional groups attached to an aromatic ring is 1. The molecule has 1 rings (SSSR count). The highest BCUT2D eigenvalue weighted by atomic mass is 16.3. The summed E-state index contributed by atoms with van der Waals surface area (Å²) in [6, 6.07) is 5.82. The molecule has 3 N–H and O–H groups in total. The van der Waals surface area contributed by atoms with E-state index >= 15 is 0 Å². The minimum absolute atomic E-state index is 0.513. The molecule has 3 heteroatoms. The molecular formula is C12H20N2O. The second-order valence-corrected chi connectivity index (χ2v) is 3.66. The molecule has 0 heterocycles. The Morgan fingerprint density at radius 2 is 1.93 bits per heavy atom. The highest BCUT2D eigenvalue weighted by Gasteiger charge is 2.09. The van der Waals surface area contributed by atoms with Gasteiger partial charge < -0.3 is 15.7 Å². The number of anilines is 2. The molecule has 0 fully saturated rings. The molecule has 0 saturated carbocycles. The van der Waals surface area contributed by atoms with Crippen LogP contribution >= 0.6 is 0 Å². The van der Waals surface area contributed by atoms with Gasteiger partial charge in [-0.25, -0.2) is 0 Å². The van der Waals surface area contributed by atoms with Crippen LogP contribution in [0.15, 0.2) is 18.2 Å². The van der Waals surface area contributed by atoms with Gasteiger partial charge in [0, 0.05) is 30.0 Å². The number of nitrogens with zero attached hydrogens (tertiary/aromatic N) is 1. The van der Waals surface area contributed by atoms with Gasteiger partial charge in [-0.3, -0.25) is 0 Å². The summed E-state index contributed by atoms with van der Waals surface area (Å²) < 4.78 is 0. The van der Waals surface area contributed by atoms with Crippen molar-refractivity contribution in [1.82, 2.24) is 0 Å². The maximum Gasteiger partial charge on any atom is 0.0782 e. The quantitative estimate of drug-likeness (QED) is 0.745. The van der Waals surface area contributed by atoms with Crippen molar-refractivity contribution in [3.8, 4) is 0 Å². The largest absolute Gasteiger partial charge is 0.398 e. The van der Waals surface area contributed by atoms with Crippen molar-refractivity contribution in [2.45, 2.75) is 26.9 Å². The summed E-state index contributed by atoms with van der Waals surface area (Å²) in [6.07, 6.45) is -0.513. The summed E-state index contributed by atoms with van der Waals surface area (Å²) in [6.45, 7) is 7.88. The van der Waals surface area contributed by atoms with Crippen LogP contribution in [0.5, 0.6) is 0 Å². The fourth-order valence-corrected chi connectivity index (χ4v) is 1.71. The zero-order chi connectivity index (χ0) is 11.4. The molecule has 1 unspecified atom stereocenters. The monoisotopic (exact) mass is 208 g/mol. The smallest absolute Gasteiger partial charge is 0.0782 e. The molecule has 15 heavy (non-hydrogen) atoms. The number of hydrogen-bond donors (Lipinski definition) is 2. The molecule has 0 aliphatic heterocycles. The maximum atomic E-state index is 9.56. The second kappa shape index (κ2) is 5.03. The van der Waals surface area contributed by atoms with Gasteiger partial charge in [-0.2, -0.15) is 0 Å². The Labute approximate surface area is 91.5 Å². The van der Waals surface area contributed by atoms with Crippen LogP contribution in [-0.4, -0.2) is 18.2 Å². The van der Waals surface area contributed by atoms with Crippen molar-refractivity contribution in [2.24, 2.45) is 0 Å². The summed E-state index contributed by atoms with van der Waals surface area (Å²) in [4.78, 5) is 2.23. The Morgan fingerprint density at radius 1 is 1.33 bits per heavy atom. The lowest BCUT2D eigenvalue weighted by molar-refractivity contribution is 0.200. The van der Waals surface area contributed by atoms with Gasteiger partial charge in [0.05, 0.1) is 6.10 Å². The highest BCUT2D eigenvalue weighted by Crippen LogP contribution is 2.25. The maximum absolute atomic E-state index is 9.56. The third-order valence-corrected chi connectivity index (χ3v) is 2.65. The van der Waals surface area contributed by atoms with Crippen LogP contribution in [0.1, 0.15) is 32.4 Å². The van der Waals surface area contributed by atoms with Crippen molar-refractivity contribution < 1.29 is 5.11 Å². The van der Waals surface area contributed by atoms with Gasteiger partial charge in [0.15, 0.2) is 0 Å². The number of benzene rings is 1. The lowest BCUT2D eigenvalue weighted by Gasteiger charge is -2.22. The fraction of sp³-hybridized carbons (Fsp3) is 0.500. The molecule has 1 atom stereocenters. The van der Waals surface area contributed by atoms with Gasteiger partial charge in [0.2, 0.25) is 0 Å². The first-order chi connectivity index (χ1) is 7.10. The Kier molecular flexibility index (Phi) is 3.97. The first kappa shape index (κ1) is 11.9. The minimum atomic E-state index is -0.513. The molecule has 0 amide bonds. The van der Waals surface area contributed by atoms with Crippen LogP contribution in [0.3, 0.4) is 0 Å². The van der Waals surface area contributed by atoms with Gasteiger partial charge in [-0.05, 0) is 39.0 Å². The van der Waals surface area contributed by atoms with Crippen molar-refractivity contribution in [2.75, 3.05) is 23.7 Å². The minimum Gasteiger partial charge on any atom is -0.398 e. The number of nitrogens with two attached hydrogens (primary N) is 1. The summed E-state index contributed by atoms with van der Waals surface area (Å²) in [5.74, 6) is 0. The Morgan fingerprint density at radius 3 is 2.40 bits per heavy atom. The van der Waals surface area contributed by atoms with E-state index < -0.39 is 6.10 Å². The van der Waals surface area contributed by atoms with Crippen molar-refractivity contribution in [1.29, 1.82) is 0 Å². The van der Waals surface area contributed by atoms with Gasteiger partial charge in [-0.15, -0.1) is 0 Å². The van der Waals surface area contributed by atoms with Crippen LogP contribution in [0.25, 0.3) is 0 Å². The van der Waals surface area contributed by atoms with E-state index in [1.807, 2.05) is 18.2 Å². The second-order valence-electron chi connectivity index (χ2n) is 3.66. The molecule has 3 nitrogen and oxygen atoms in total. The van der Waals surface area contributed by atoms with E-state index in [0.717, 1.165) is 24.3 Å². The summed E-state index contributed by atoms with van der Waals surface area (Å²) in [5, 5.41) is 9.56. The van der Waals surface area contributed by atoms with E-state index in [1.165, 1.54) is 0 Å². The number of aliphatic hydroxyl groups excluding tert-OH is 1. The van der Waals surface area contributed by atoms with Crippen LogP contribution < -0.4 is 10.6 Å². The van der Waals surface area contributed by atoms with E-state index in [4.69, 9.17) is 5.73 Å². The Hall–Kier alpha value is -1.22. The first-order valence-electron chi connectivity index (χ1n) is 5.42. The molecule has 84 valence electrons. The van der Waals surface area contributed by atoms with E-state index in [0.29, 0.717) is 5.69 Å². The number of hydrogen-bond acceptors (Lipinski definition) is 3. The lowest BCUT2D eigenvalue weighted by atomic mass is 10.1. The summed E-state index contributed by atoms with van der Waals surface area (Å²) in [5.41, 5.74) is 8.37. The van der Waals surface area contributed by atoms with Crippen LogP contribution in [-0.2, 0) is 0 Å². The van der Waals surface area contributed by atoms with Crippen molar-refractivity contribution in [3.05, 3.63) is 23.8 Å². The zero-order valence-corrected chi connectivity index (χ0v) is 9.70. The zero-order valence-electron chi connectivity index (χ0n) is 9.70. The standard InChI is InChI=1S/C12H20N2O/c1-4-14(5-2)10-6-7-12(13)11(8-10)9(3)15/h6-9,15H,4-5,13H2,1-3H3. The van der Waals surface area contributed by atoms with Gasteiger partial charge >= 0.3 is 0 Å². The highest BCUT2D eigenvalue weighted by molar-refractivity contribution is 5.59. The van der Waals surface area contributed by atoms with Crippen molar-refractivity contribution >= 4 is 11.4 Å². The number of aliphatic hydroxyl groups is 1. The average molecular weight is 208 g/mol. The molecule has 1 aromatic rings. The summed E-state index contributed by atoms with van der Waals surface area (Å²) >= 11 is 0. The molecule has 0 aromatic heterocycles.